The van der Waals surface area contributed by atoms with Crippen LogP contribution in [0.5, 0.6) is 11.5 Å². The average molecular weight is 369 g/mol. The first kappa shape index (κ1) is 14.2. The molecule has 1 heterocycles. The van der Waals surface area contributed by atoms with Crippen LogP contribution in [0.25, 0.3) is 0 Å². The molecule has 1 aromatic rings. The number of nitrogens with zero attached hydrogens (tertiary/aromatic N) is 1. The van der Waals surface area contributed by atoms with Gasteiger partial charge in [-0.15, -0.1) is 13.2 Å². The predicted octanol–water partition coefficient (Wildman–Crippen LogP) is 3.53. The molecule has 0 amide bonds. The first-order valence-corrected chi connectivity index (χ1v) is 5.10. The molecule has 0 saturated heterocycles. The quantitative estimate of drug-likeness (QED) is 0.464. The normalized spacial score (nSPS) is 11.8. The molecular weight excluding hydrogens is 364 g/mol. The van der Waals surface area contributed by atoms with Crippen LogP contribution in [-0.2, 0) is 0 Å². The Morgan fingerprint density at radius 1 is 1.35 bits per heavy atom. The Morgan fingerprint density at radius 2 is 1.94 bits per heavy atom. The van der Waals surface area contributed by atoms with E-state index in [1.165, 1.54) is 0 Å². The van der Waals surface area contributed by atoms with Gasteiger partial charge in [-0.25, -0.2) is 13.8 Å². The minimum absolute atomic E-state index is 0.0734. The molecule has 0 aliphatic heterocycles. The highest BCUT2D eigenvalue weighted by Gasteiger charge is 2.36. The molecular formula is C8H5F5INO2. The number of ether oxygens (including phenoxy) is 2. The lowest BCUT2D eigenvalue weighted by molar-refractivity contribution is -0.275. The lowest BCUT2D eigenvalue weighted by Crippen LogP contribution is -2.19. The van der Waals surface area contributed by atoms with Crippen molar-refractivity contribution in [2.45, 2.75) is 12.8 Å². The average Bonchev–Trinajstić information content (AvgIpc) is 2.17. The summed E-state index contributed by atoms with van der Waals surface area (Å²) in [6.45, 7) is 0. The fraction of sp³-hybridized carbons (Fsp3) is 0.375. The molecule has 9 heteroatoms. The van der Waals surface area contributed by atoms with Crippen LogP contribution in [0, 0.1) is 3.70 Å². The van der Waals surface area contributed by atoms with Crippen LogP contribution in [0.15, 0.2) is 6.07 Å². The van der Waals surface area contributed by atoms with Crippen LogP contribution in [-0.4, -0.2) is 18.5 Å². The smallest absolute Gasteiger partial charge is 0.493 e. The summed E-state index contributed by atoms with van der Waals surface area (Å²) in [5.74, 6) is -1.56. The molecule has 0 unspecified atom stereocenters. The van der Waals surface area contributed by atoms with Gasteiger partial charge in [0.2, 0.25) is 0 Å². The van der Waals surface area contributed by atoms with Crippen molar-refractivity contribution in [1.29, 1.82) is 0 Å². The number of halogens is 6. The fourth-order valence-electron chi connectivity index (χ4n) is 1.02. The monoisotopic (exact) mass is 369 g/mol. The third kappa shape index (κ3) is 3.82. The van der Waals surface area contributed by atoms with Crippen molar-refractivity contribution < 1.29 is 31.4 Å². The van der Waals surface area contributed by atoms with E-state index < -0.39 is 30.0 Å². The number of pyridine rings is 1. The summed E-state index contributed by atoms with van der Waals surface area (Å²) in [6, 6.07) is 1.06. The SMILES string of the molecule is COc1cc(I)nc(C(F)F)c1OC(F)(F)F. The summed E-state index contributed by atoms with van der Waals surface area (Å²) in [5, 5.41) is 0. The molecule has 0 fully saturated rings. The van der Waals surface area contributed by atoms with Crippen LogP contribution in [0.2, 0.25) is 0 Å². The van der Waals surface area contributed by atoms with Gasteiger partial charge in [0.05, 0.1) is 7.11 Å². The lowest BCUT2D eigenvalue weighted by Gasteiger charge is -2.15. The number of aromatic nitrogens is 1. The Bertz CT molecular complexity index is 410. The van der Waals surface area contributed by atoms with Gasteiger partial charge in [0.25, 0.3) is 6.43 Å². The molecule has 96 valence electrons. The van der Waals surface area contributed by atoms with Crippen molar-refractivity contribution in [1.82, 2.24) is 4.98 Å². The Morgan fingerprint density at radius 3 is 2.35 bits per heavy atom. The fourth-order valence-corrected chi connectivity index (χ4v) is 1.56. The van der Waals surface area contributed by atoms with E-state index in [-0.39, 0.29) is 3.70 Å². The van der Waals surface area contributed by atoms with Gasteiger partial charge in [-0.05, 0) is 22.6 Å². The number of methoxy groups -OCH3 is 1. The largest absolute Gasteiger partial charge is 0.573 e. The van der Waals surface area contributed by atoms with Gasteiger partial charge in [-0.2, -0.15) is 0 Å². The second-order valence-electron chi connectivity index (χ2n) is 2.71. The van der Waals surface area contributed by atoms with Crippen molar-refractivity contribution in [3.05, 3.63) is 15.5 Å². The van der Waals surface area contributed by atoms with E-state index in [2.05, 4.69) is 14.5 Å². The topological polar surface area (TPSA) is 31.4 Å². The zero-order valence-corrected chi connectivity index (χ0v) is 10.3. The first-order chi connectivity index (χ1) is 7.74. The number of alkyl halides is 5. The third-order valence-electron chi connectivity index (χ3n) is 1.58. The van der Waals surface area contributed by atoms with Gasteiger partial charge in [0, 0.05) is 6.07 Å². The zero-order valence-electron chi connectivity index (χ0n) is 8.19. The van der Waals surface area contributed by atoms with Gasteiger partial charge < -0.3 is 9.47 Å². The van der Waals surface area contributed by atoms with E-state index >= 15 is 0 Å². The molecule has 17 heavy (non-hydrogen) atoms. The Kier molecular flexibility index (Phi) is 4.33. The van der Waals surface area contributed by atoms with Crippen LogP contribution in [0.1, 0.15) is 12.1 Å². The number of hydrogen-bond donors (Lipinski definition) is 0. The number of hydrogen-bond acceptors (Lipinski definition) is 3. The van der Waals surface area contributed by atoms with E-state index in [0.29, 0.717) is 0 Å². The maximum Gasteiger partial charge on any atom is 0.573 e. The zero-order chi connectivity index (χ0) is 13.2. The Hall–Kier alpha value is -0.870. The molecule has 0 aromatic carbocycles. The molecule has 0 N–H and O–H groups in total. The molecule has 0 radical (unpaired) electrons. The van der Waals surface area contributed by atoms with Crippen LogP contribution in [0.3, 0.4) is 0 Å². The summed E-state index contributed by atoms with van der Waals surface area (Å²) in [6.07, 6.45) is -8.29. The second kappa shape index (κ2) is 5.19. The Labute approximate surface area is 106 Å². The van der Waals surface area contributed by atoms with Crippen molar-refractivity contribution in [3.63, 3.8) is 0 Å². The van der Waals surface area contributed by atoms with E-state index in [1.807, 2.05) is 0 Å². The lowest BCUT2D eigenvalue weighted by atomic mass is 10.3. The number of rotatable bonds is 3. The molecule has 0 spiro atoms. The van der Waals surface area contributed by atoms with E-state index in [1.54, 1.807) is 22.6 Å². The maximum absolute atomic E-state index is 12.5. The summed E-state index contributed by atoms with van der Waals surface area (Å²) in [4.78, 5) is 3.30. The van der Waals surface area contributed by atoms with Gasteiger partial charge in [0.15, 0.2) is 17.2 Å². The summed E-state index contributed by atoms with van der Waals surface area (Å²) in [7, 11) is 1.05. The van der Waals surface area contributed by atoms with Crippen molar-refractivity contribution in [3.8, 4) is 11.5 Å². The molecule has 0 bridgehead atoms. The van der Waals surface area contributed by atoms with Crippen LogP contribution < -0.4 is 9.47 Å². The van der Waals surface area contributed by atoms with Crippen LogP contribution in [0.4, 0.5) is 22.0 Å². The summed E-state index contributed by atoms with van der Waals surface area (Å²) in [5.41, 5.74) is -1.11. The highest BCUT2D eigenvalue weighted by molar-refractivity contribution is 14.1. The van der Waals surface area contributed by atoms with Gasteiger partial charge in [0.1, 0.15) is 3.70 Å². The van der Waals surface area contributed by atoms with E-state index in [0.717, 1.165) is 13.2 Å². The van der Waals surface area contributed by atoms with Gasteiger partial charge in [-0.3, -0.25) is 0 Å². The molecule has 0 saturated carbocycles. The Balaban J connectivity index is 3.32. The minimum Gasteiger partial charge on any atom is -0.493 e. The second-order valence-corrected chi connectivity index (χ2v) is 3.82. The molecule has 3 nitrogen and oxygen atoms in total. The van der Waals surface area contributed by atoms with Crippen molar-refractivity contribution in [2.75, 3.05) is 7.11 Å². The molecule has 0 atom stereocenters. The molecule has 1 aromatic heterocycles. The maximum atomic E-state index is 12.5. The molecule has 1 rings (SSSR count). The van der Waals surface area contributed by atoms with Gasteiger partial charge in [-0.1, -0.05) is 0 Å². The molecule has 0 aliphatic rings. The van der Waals surface area contributed by atoms with Crippen molar-refractivity contribution in [2.24, 2.45) is 0 Å². The summed E-state index contributed by atoms with van der Waals surface area (Å²) >= 11 is 1.58. The first-order valence-electron chi connectivity index (χ1n) is 4.03. The van der Waals surface area contributed by atoms with Crippen molar-refractivity contribution >= 4 is 22.6 Å². The van der Waals surface area contributed by atoms with Crippen LogP contribution >= 0.6 is 22.6 Å². The highest BCUT2D eigenvalue weighted by atomic mass is 127. The van der Waals surface area contributed by atoms with Gasteiger partial charge >= 0.3 is 6.36 Å². The molecule has 0 aliphatic carbocycles. The minimum atomic E-state index is -5.09. The highest BCUT2D eigenvalue weighted by Crippen LogP contribution is 2.39. The van der Waals surface area contributed by atoms with E-state index in [9.17, 15) is 22.0 Å². The predicted molar refractivity (Wildman–Crippen MR) is 55.1 cm³/mol. The third-order valence-corrected chi connectivity index (χ3v) is 2.13. The standard InChI is InChI=1S/C8H5F5INO2/c1-16-3-2-4(14)15-5(7(9)10)6(3)17-8(11,12)13/h2,7H,1H3. The summed E-state index contributed by atoms with van der Waals surface area (Å²) < 4.78 is 69.3. The van der Waals surface area contributed by atoms with E-state index in [4.69, 9.17) is 0 Å².